The fourth-order valence-electron chi connectivity index (χ4n) is 1.47. The number of sulfonamides is 1. The van der Waals surface area contributed by atoms with Gasteiger partial charge in [-0.1, -0.05) is 27.5 Å². The molecular formula is C12H7BrClF2NO2S. The van der Waals surface area contributed by atoms with Gasteiger partial charge >= 0.3 is 0 Å². The SMILES string of the molecule is O=S(=O)(Nc1ccc(F)cc1Cl)c1ccc(Br)cc1F. The van der Waals surface area contributed by atoms with E-state index in [4.69, 9.17) is 11.6 Å². The van der Waals surface area contributed by atoms with Crippen LogP contribution in [0.1, 0.15) is 0 Å². The van der Waals surface area contributed by atoms with E-state index in [9.17, 15) is 17.2 Å². The van der Waals surface area contributed by atoms with E-state index in [0.717, 1.165) is 30.3 Å². The molecule has 0 heterocycles. The molecule has 0 amide bonds. The molecule has 0 aromatic heterocycles. The Morgan fingerprint density at radius 3 is 2.40 bits per heavy atom. The molecule has 0 spiro atoms. The number of anilines is 1. The van der Waals surface area contributed by atoms with E-state index in [2.05, 4.69) is 20.7 Å². The molecule has 106 valence electrons. The average molecular weight is 383 g/mol. The summed E-state index contributed by atoms with van der Waals surface area (Å²) >= 11 is 8.75. The van der Waals surface area contributed by atoms with Crippen molar-refractivity contribution in [2.45, 2.75) is 4.90 Å². The summed E-state index contributed by atoms with van der Waals surface area (Å²) < 4.78 is 53.2. The second kappa shape index (κ2) is 5.67. The lowest BCUT2D eigenvalue weighted by molar-refractivity contribution is 0.569. The molecule has 0 aliphatic rings. The Labute approximate surface area is 127 Å². The Balaban J connectivity index is 2.41. The second-order valence-corrected chi connectivity index (χ2v) is 6.78. The highest BCUT2D eigenvalue weighted by Crippen LogP contribution is 2.27. The van der Waals surface area contributed by atoms with Crippen molar-refractivity contribution < 1.29 is 17.2 Å². The summed E-state index contributed by atoms with van der Waals surface area (Å²) in [5.74, 6) is -1.52. The largest absolute Gasteiger partial charge is 0.278 e. The van der Waals surface area contributed by atoms with E-state index < -0.39 is 26.6 Å². The van der Waals surface area contributed by atoms with Crippen molar-refractivity contribution >= 4 is 43.2 Å². The van der Waals surface area contributed by atoms with Gasteiger partial charge < -0.3 is 0 Å². The van der Waals surface area contributed by atoms with E-state index >= 15 is 0 Å². The highest BCUT2D eigenvalue weighted by Gasteiger charge is 2.20. The summed E-state index contributed by atoms with van der Waals surface area (Å²) in [6.07, 6.45) is 0. The minimum Gasteiger partial charge on any atom is -0.278 e. The van der Waals surface area contributed by atoms with Crippen LogP contribution in [0.15, 0.2) is 45.8 Å². The predicted octanol–water partition coefficient (Wildman–Crippen LogP) is 4.18. The van der Waals surface area contributed by atoms with Crippen LogP contribution in [0, 0.1) is 11.6 Å². The molecule has 3 nitrogen and oxygen atoms in total. The highest BCUT2D eigenvalue weighted by atomic mass is 79.9. The predicted molar refractivity (Wildman–Crippen MR) is 76.3 cm³/mol. The first-order chi connectivity index (χ1) is 9.29. The molecule has 2 rings (SSSR count). The minimum absolute atomic E-state index is 0.0321. The molecule has 2 aromatic carbocycles. The van der Waals surface area contributed by atoms with Crippen molar-refractivity contribution in [3.63, 3.8) is 0 Å². The van der Waals surface area contributed by atoms with E-state index in [1.807, 2.05) is 0 Å². The maximum absolute atomic E-state index is 13.7. The topological polar surface area (TPSA) is 46.2 Å². The number of halogens is 4. The Morgan fingerprint density at radius 2 is 1.80 bits per heavy atom. The quantitative estimate of drug-likeness (QED) is 0.865. The molecule has 0 saturated carbocycles. The lowest BCUT2D eigenvalue weighted by Gasteiger charge is -2.10. The van der Waals surface area contributed by atoms with Crippen LogP contribution in [0.2, 0.25) is 5.02 Å². The molecule has 0 aliphatic heterocycles. The smallest absolute Gasteiger partial charge is 0.264 e. The van der Waals surface area contributed by atoms with Crippen molar-refractivity contribution in [2.24, 2.45) is 0 Å². The van der Waals surface area contributed by atoms with Gasteiger partial charge in [0.05, 0.1) is 10.7 Å². The Kier molecular flexibility index (Phi) is 4.31. The summed E-state index contributed by atoms with van der Waals surface area (Å²) in [6, 6.07) is 6.69. The van der Waals surface area contributed by atoms with Crippen LogP contribution >= 0.6 is 27.5 Å². The maximum atomic E-state index is 13.7. The van der Waals surface area contributed by atoms with Crippen LogP contribution in [0.4, 0.5) is 14.5 Å². The number of hydrogen-bond donors (Lipinski definition) is 1. The molecule has 0 bridgehead atoms. The Bertz CT molecular complexity index is 768. The van der Waals surface area contributed by atoms with Gasteiger partial charge in [-0.25, -0.2) is 17.2 Å². The van der Waals surface area contributed by atoms with E-state index in [1.54, 1.807) is 0 Å². The number of benzene rings is 2. The first-order valence-corrected chi connectivity index (χ1v) is 7.88. The molecular weight excluding hydrogens is 376 g/mol. The number of nitrogens with one attached hydrogen (secondary N) is 1. The standard InChI is InChI=1S/C12H7BrClF2NO2S/c13-7-1-4-12(10(16)5-7)20(18,19)17-11-3-2-8(15)6-9(11)14/h1-6,17H. The molecule has 0 aliphatic carbocycles. The third-order valence-electron chi connectivity index (χ3n) is 2.36. The zero-order chi connectivity index (χ0) is 14.9. The van der Waals surface area contributed by atoms with Gasteiger partial charge in [0.1, 0.15) is 16.5 Å². The molecule has 1 N–H and O–H groups in total. The van der Waals surface area contributed by atoms with Crippen LogP contribution in [0.5, 0.6) is 0 Å². The minimum atomic E-state index is -4.15. The summed E-state index contributed by atoms with van der Waals surface area (Å²) in [7, 11) is -4.15. The molecule has 0 saturated heterocycles. The van der Waals surface area contributed by atoms with Crippen molar-refractivity contribution in [2.75, 3.05) is 4.72 Å². The summed E-state index contributed by atoms with van der Waals surface area (Å²) in [5.41, 5.74) is -0.0321. The van der Waals surface area contributed by atoms with Gasteiger partial charge in [0.25, 0.3) is 10.0 Å². The molecule has 0 fully saturated rings. The Morgan fingerprint density at radius 1 is 1.10 bits per heavy atom. The molecule has 2 aromatic rings. The third kappa shape index (κ3) is 3.28. The molecule has 0 unspecified atom stereocenters. The van der Waals surface area contributed by atoms with E-state index in [-0.39, 0.29) is 10.7 Å². The fourth-order valence-corrected chi connectivity index (χ4v) is 3.21. The van der Waals surface area contributed by atoms with Crippen LogP contribution in [0.25, 0.3) is 0 Å². The zero-order valence-electron chi connectivity index (χ0n) is 9.70. The number of hydrogen-bond acceptors (Lipinski definition) is 2. The second-order valence-electron chi connectivity index (χ2n) is 3.80. The maximum Gasteiger partial charge on any atom is 0.264 e. The van der Waals surface area contributed by atoms with Crippen molar-refractivity contribution in [1.29, 1.82) is 0 Å². The van der Waals surface area contributed by atoms with Gasteiger partial charge in [-0.05, 0) is 36.4 Å². The van der Waals surface area contributed by atoms with Crippen molar-refractivity contribution in [3.05, 3.63) is 57.5 Å². The van der Waals surface area contributed by atoms with Crippen LogP contribution in [0.3, 0.4) is 0 Å². The fraction of sp³-hybridized carbons (Fsp3) is 0. The lowest BCUT2D eigenvalue weighted by atomic mass is 10.3. The zero-order valence-corrected chi connectivity index (χ0v) is 12.9. The summed E-state index contributed by atoms with van der Waals surface area (Å²) in [6.45, 7) is 0. The van der Waals surface area contributed by atoms with Gasteiger partial charge in [0.15, 0.2) is 0 Å². The first kappa shape index (κ1) is 15.2. The van der Waals surface area contributed by atoms with Gasteiger partial charge in [-0.15, -0.1) is 0 Å². The van der Waals surface area contributed by atoms with E-state index in [0.29, 0.717) is 4.47 Å². The van der Waals surface area contributed by atoms with Gasteiger partial charge in [-0.3, -0.25) is 4.72 Å². The van der Waals surface area contributed by atoms with Crippen molar-refractivity contribution in [3.8, 4) is 0 Å². The van der Waals surface area contributed by atoms with E-state index in [1.165, 1.54) is 6.07 Å². The van der Waals surface area contributed by atoms with Crippen LogP contribution in [-0.2, 0) is 10.0 Å². The molecule has 0 radical (unpaired) electrons. The lowest BCUT2D eigenvalue weighted by Crippen LogP contribution is -2.15. The van der Waals surface area contributed by atoms with Gasteiger partial charge in [-0.2, -0.15) is 0 Å². The average Bonchev–Trinajstić information content (AvgIpc) is 2.32. The summed E-state index contributed by atoms with van der Waals surface area (Å²) in [4.78, 5) is -0.527. The van der Waals surface area contributed by atoms with Crippen LogP contribution < -0.4 is 4.72 Å². The van der Waals surface area contributed by atoms with Crippen molar-refractivity contribution in [1.82, 2.24) is 0 Å². The molecule has 20 heavy (non-hydrogen) atoms. The summed E-state index contributed by atoms with van der Waals surface area (Å²) in [5, 5.41) is -0.119. The first-order valence-electron chi connectivity index (χ1n) is 5.22. The molecule has 0 atom stereocenters. The van der Waals surface area contributed by atoms with Gasteiger partial charge in [0, 0.05) is 4.47 Å². The van der Waals surface area contributed by atoms with Crippen LogP contribution in [-0.4, -0.2) is 8.42 Å². The third-order valence-corrected chi connectivity index (χ3v) is 4.56. The normalized spacial score (nSPS) is 11.4. The molecule has 8 heteroatoms. The monoisotopic (exact) mass is 381 g/mol. The van der Waals surface area contributed by atoms with Gasteiger partial charge in [0.2, 0.25) is 0 Å². The highest BCUT2D eigenvalue weighted by molar-refractivity contribution is 9.10. The number of rotatable bonds is 3. The Hall–Kier alpha value is -1.18.